The molecule has 0 unspecified atom stereocenters. The van der Waals surface area contributed by atoms with Crippen molar-refractivity contribution in [1.82, 2.24) is 15.0 Å². The monoisotopic (exact) mass is 281 g/mol. The first-order valence-corrected chi connectivity index (χ1v) is 6.21. The SMILES string of the molecule is CC(C)(C)c1cnc(CNc2cc(Cl)nc(N)n2)o1. The van der Waals surface area contributed by atoms with E-state index in [1.165, 1.54) is 0 Å². The minimum atomic E-state index is -0.0616. The maximum Gasteiger partial charge on any atom is 0.223 e. The molecule has 2 aromatic heterocycles. The van der Waals surface area contributed by atoms with Gasteiger partial charge in [-0.15, -0.1) is 0 Å². The highest BCUT2D eigenvalue weighted by molar-refractivity contribution is 6.29. The summed E-state index contributed by atoms with van der Waals surface area (Å²) < 4.78 is 5.65. The molecule has 7 heteroatoms. The fourth-order valence-electron chi connectivity index (χ4n) is 1.43. The molecule has 0 aromatic carbocycles. The predicted octanol–water partition coefficient (Wildman–Crippen LogP) is 2.61. The van der Waals surface area contributed by atoms with Gasteiger partial charge >= 0.3 is 0 Å². The Morgan fingerprint density at radius 3 is 2.68 bits per heavy atom. The minimum Gasteiger partial charge on any atom is -0.443 e. The van der Waals surface area contributed by atoms with Crippen LogP contribution in [-0.4, -0.2) is 15.0 Å². The summed E-state index contributed by atoms with van der Waals surface area (Å²) >= 11 is 5.79. The number of halogens is 1. The molecule has 0 saturated heterocycles. The number of nitrogens with two attached hydrogens (primary N) is 1. The summed E-state index contributed by atoms with van der Waals surface area (Å²) in [5.41, 5.74) is 5.44. The van der Waals surface area contributed by atoms with Crippen LogP contribution >= 0.6 is 11.6 Å². The third kappa shape index (κ3) is 3.57. The molecule has 2 aromatic rings. The summed E-state index contributed by atoms with van der Waals surface area (Å²) in [5, 5.41) is 3.33. The summed E-state index contributed by atoms with van der Waals surface area (Å²) in [5.74, 6) is 2.08. The average Bonchev–Trinajstić information content (AvgIpc) is 2.73. The minimum absolute atomic E-state index is 0.0616. The van der Waals surface area contributed by atoms with E-state index in [0.717, 1.165) is 5.76 Å². The molecule has 0 atom stereocenters. The zero-order valence-corrected chi connectivity index (χ0v) is 11.8. The van der Waals surface area contributed by atoms with Crippen molar-refractivity contribution in [1.29, 1.82) is 0 Å². The van der Waals surface area contributed by atoms with Crippen molar-refractivity contribution in [2.24, 2.45) is 0 Å². The van der Waals surface area contributed by atoms with E-state index in [-0.39, 0.29) is 16.5 Å². The van der Waals surface area contributed by atoms with Crippen LogP contribution in [0.1, 0.15) is 32.4 Å². The number of nitrogen functional groups attached to an aromatic ring is 1. The smallest absolute Gasteiger partial charge is 0.223 e. The second kappa shape index (κ2) is 5.05. The molecule has 0 bridgehead atoms. The Bertz CT molecular complexity index is 555. The topological polar surface area (TPSA) is 89.9 Å². The van der Waals surface area contributed by atoms with Gasteiger partial charge in [-0.2, -0.15) is 4.98 Å². The molecule has 6 nitrogen and oxygen atoms in total. The van der Waals surface area contributed by atoms with E-state index in [9.17, 15) is 0 Å². The lowest BCUT2D eigenvalue weighted by atomic mass is 9.94. The van der Waals surface area contributed by atoms with Crippen molar-refractivity contribution in [3.05, 3.63) is 29.1 Å². The van der Waals surface area contributed by atoms with Crippen LogP contribution in [0, 0.1) is 0 Å². The molecule has 2 rings (SSSR count). The molecular weight excluding hydrogens is 266 g/mol. The number of anilines is 2. The highest BCUT2D eigenvalue weighted by atomic mass is 35.5. The Morgan fingerprint density at radius 2 is 2.11 bits per heavy atom. The molecular formula is C12H16ClN5O. The van der Waals surface area contributed by atoms with Gasteiger partial charge in [0.25, 0.3) is 0 Å². The number of rotatable bonds is 3. The number of oxazole rings is 1. The zero-order valence-electron chi connectivity index (χ0n) is 11.1. The second-order valence-electron chi connectivity index (χ2n) is 5.16. The quantitative estimate of drug-likeness (QED) is 0.841. The van der Waals surface area contributed by atoms with E-state index < -0.39 is 0 Å². The maximum absolute atomic E-state index is 5.79. The van der Waals surface area contributed by atoms with Crippen LogP contribution in [0.2, 0.25) is 5.15 Å². The Labute approximate surface area is 116 Å². The molecule has 3 N–H and O–H groups in total. The molecule has 102 valence electrons. The van der Waals surface area contributed by atoms with E-state index in [1.807, 2.05) is 0 Å². The molecule has 0 aliphatic rings. The van der Waals surface area contributed by atoms with Crippen LogP contribution in [0.3, 0.4) is 0 Å². The molecule has 0 spiro atoms. The standard InChI is InChI=1S/C12H16ClN5O/c1-12(2,3)7-5-16-10(19-7)6-15-9-4-8(13)17-11(14)18-9/h4-5H,6H2,1-3H3,(H3,14,15,17,18). The number of hydrogen-bond donors (Lipinski definition) is 2. The van der Waals surface area contributed by atoms with Crippen LogP contribution in [0.15, 0.2) is 16.7 Å². The van der Waals surface area contributed by atoms with Crippen molar-refractivity contribution in [2.45, 2.75) is 32.7 Å². The fraction of sp³-hybridized carbons (Fsp3) is 0.417. The van der Waals surface area contributed by atoms with Crippen molar-refractivity contribution < 1.29 is 4.42 Å². The van der Waals surface area contributed by atoms with Gasteiger partial charge < -0.3 is 15.5 Å². The predicted molar refractivity (Wildman–Crippen MR) is 74.0 cm³/mol. The lowest BCUT2D eigenvalue weighted by Crippen LogP contribution is -2.09. The molecule has 0 aliphatic heterocycles. The third-order valence-electron chi connectivity index (χ3n) is 2.43. The van der Waals surface area contributed by atoms with Gasteiger partial charge in [0.05, 0.1) is 12.7 Å². The van der Waals surface area contributed by atoms with E-state index in [2.05, 4.69) is 41.0 Å². The highest BCUT2D eigenvalue weighted by Crippen LogP contribution is 2.23. The van der Waals surface area contributed by atoms with Gasteiger partial charge in [0.15, 0.2) is 0 Å². The number of aromatic nitrogens is 3. The van der Waals surface area contributed by atoms with Gasteiger partial charge in [-0.05, 0) is 0 Å². The first kappa shape index (κ1) is 13.6. The molecule has 0 radical (unpaired) electrons. The molecule has 19 heavy (non-hydrogen) atoms. The Balaban J connectivity index is 2.04. The van der Waals surface area contributed by atoms with Gasteiger partial charge in [0, 0.05) is 11.5 Å². The summed E-state index contributed by atoms with van der Waals surface area (Å²) in [7, 11) is 0. The molecule has 0 saturated carbocycles. The highest BCUT2D eigenvalue weighted by Gasteiger charge is 2.19. The van der Waals surface area contributed by atoms with Crippen LogP contribution in [0.4, 0.5) is 11.8 Å². The Morgan fingerprint density at radius 1 is 1.37 bits per heavy atom. The lowest BCUT2D eigenvalue weighted by Gasteiger charge is -2.13. The third-order valence-corrected chi connectivity index (χ3v) is 2.62. The number of hydrogen-bond acceptors (Lipinski definition) is 6. The van der Waals surface area contributed by atoms with E-state index in [1.54, 1.807) is 12.3 Å². The fourth-order valence-corrected chi connectivity index (χ4v) is 1.62. The summed E-state index contributed by atoms with van der Waals surface area (Å²) in [4.78, 5) is 12.0. The Hall–Kier alpha value is -1.82. The van der Waals surface area contributed by atoms with Crippen LogP contribution < -0.4 is 11.1 Å². The Kier molecular flexibility index (Phi) is 3.61. The van der Waals surface area contributed by atoms with E-state index >= 15 is 0 Å². The lowest BCUT2D eigenvalue weighted by molar-refractivity contribution is 0.385. The van der Waals surface area contributed by atoms with Crippen LogP contribution in [0.5, 0.6) is 0 Å². The van der Waals surface area contributed by atoms with Gasteiger partial charge in [0.1, 0.15) is 16.7 Å². The summed E-state index contributed by atoms with van der Waals surface area (Å²) in [6.45, 7) is 6.60. The van der Waals surface area contributed by atoms with Gasteiger partial charge in [-0.3, -0.25) is 0 Å². The van der Waals surface area contributed by atoms with E-state index in [4.69, 9.17) is 21.8 Å². The van der Waals surface area contributed by atoms with Gasteiger partial charge in [0.2, 0.25) is 11.8 Å². The first-order valence-electron chi connectivity index (χ1n) is 5.84. The van der Waals surface area contributed by atoms with Crippen molar-refractivity contribution >= 4 is 23.4 Å². The maximum atomic E-state index is 5.79. The molecule has 2 heterocycles. The molecule has 0 amide bonds. The largest absolute Gasteiger partial charge is 0.443 e. The first-order chi connectivity index (χ1) is 8.84. The van der Waals surface area contributed by atoms with Crippen LogP contribution in [0.25, 0.3) is 0 Å². The van der Waals surface area contributed by atoms with Crippen molar-refractivity contribution in [3.8, 4) is 0 Å². The van der Waals surface area contributed by atoms with Crippen molar-refractivity contribution in [3.63, 3.8) is 0 Å². The van der Waals surface area contributed by atoms with Crippen molar-refractivity contribution in [2.75, 3.05) is 11.1 Å². The zero-order chi connectivity index (χ0) is 14.0. The molecule has 0 aliphatic carbocycles. The van der Waals surface area contributed by atoms with Gasteiger partial charge in [-0.1, -0.05) is 32.4 Å². The van der Waals surface area contributed by atoms with Gasteiger partial charge in [-0.25, -0.2) is 9.97 Å². The summed E-state index contributed by atoms with van der Waals surface area (Å²) in [6.07, 6.45) is 1.73. The number of nitrogens with one attached hydrogen (secondary N) is 1. The summed E-state index contributed by atoms with van der Waals surface area (Å²) in [6, 6.07) is 1.59. The second-order valence-corrected chi connectivity index (χ2v) is 5.54. The van der Waals surface area contributed by atoms with E-state index in [0.29, 0.717) is 18.3 Å². The van der Waals surface area contributed by atoms with Crippen LogP contribution in [-0.2, 0) is 12.0 Å². The molecule has 0 fully saturated rings. The average molecular weight is 282 g/mol. The normalized spacial score (nSPS) is 11.6. The number of nitrogens with zero attached hydrogens (tertiary/aromatic N) is 3.